The zero-order valence-corrected chi connectivity index (χ0v) is 15.3. The second kappa shape index (κ2) is 6.09. The maximum absolute atomic E-state index is 12.9. The Balaban J connectivity index is 1.65. The number of aromatic amines is 1. The first kappa shape index (κ1) is 16.0. The lowest BCUT2D eigenvalue weighted by atomic mass is 10.1. The van der Waals surface area contributed by atoms with Gasteiger partial charge in [0, 0.05) is 11.7 Å². The third kappa shape index (κ3) is 2.75. The lowest BCUT2D eigenvalue weighted by Gasteiger charge is -2.16. The van der Waals surface area contributed by atoms with Gasteiger partial charge in [0.15, 0.2) is 0 Å². The van der Waals surface area contributed by atoms with Gasteiger partial charge >= 0.3 is 0 Å². The number of hydrogen-bond acceptors (Lipinski definition) is 5. The summed E-state index contributed by atoms with van der Waals surface area (Å²) in [7, 11) is 1.73. The molecule has 0 fully saturated rings. The predicted octanol–water partition coefficient (Wildman–Crippen LogP) is 3.78. The van der Waals surface area contributed by atoms with Crippen molar-refractivity contribution in [3.05, 3.63) is 62.3 Å². The van der Waals surface area contributed by atoms with E-state index in [0.29, 0.717) is 16.0 Å². The molecule has 5 nitrogen and oxygen atoms in total. The van der Waals surface area contributed by atoms with Gasteiger partial charge in [0.1, 0.15) is 10.5 Å². The van der Waals surface area contributed by atoms with E-state index in [1.165, 1.54) is 22.7 Å². The third-order valence-electron chi connectivity index (χ3n) is 4.14. The molecule has 0 atom stereocenters. The van der Waals surface area contributed by atoms with Crippen molar-refractivity contribution >= 4 is 48.9 Å². The van der Waals surface area contributed by atoms with E-state index in [1.807, 2.05) is 42.6 Å². The molecule has 0 saturated carbocycles. The van der Waals surface area contributed by atoms with Gasteiger partial charge in [-0.1, -0.05) is 18.2 Å². The molecule has 0 aliphatic rings. The number of hydrogen-bond donors (Lipinski definition) is 1. The van der Waals surface area contributed by atoms with Gasteiger partial charge in [0.25, 0.3) is 11.5 Å². The lowest BCUT2D eigenvalue weighted by Crippen LogP contribution is -2.28. The fourth-order valence-corrected chi connectivity index (χ4v) is 4.77. The highest BCUT2D eigenvalue weighted by atomic mass is 32.1. The van der Waals surface area contributed by atoms with Crippen molar-refractivity contribution in [2.45, 2.75) is 13.5 Å². The average molecular weight is 369 g/mol. The second-order valence-electron chi connectivity index (χ2n) is 5.86. The topological polar surface area (TPSA) is 66.1 Å². The Labute approximate surface area is 151 Å². The molecule has 1 N–H and O–H groups in total. The van der Waals surface area contributed by atoms with E-state index in [2.05, 4.69) is 9.97 Å². The van der Waals surface area contributed by atoms with Crippen LogP contribution in [-0.4, -0.2) is 27.8 Å². The quantitative estimate of drug-likeness (QED) is 0.598. The van der Waals surface area contributed by atoms with Crippen molar-refractivity contribution in [3.8, 4) is 0 Å². The highest BCUT2D eigenvalue weighted by Gasteiger charge is 2.20. The Morgan fingerprint density at radius 1 is 1.28 bits per heavy atom. The summed E-state index contributed by atoms with van der Waals surface area (Å²) in [5.41, 5.74) is 1.50. The number of amides is 1. The molecule has 126 valence electrons. The van der Waals surface area contributed by atoms with Crippen molar-refractivity contribution in [1.82, 2.24) is 14.9 Å². The van der Waals surface area contributed by atoms with Crippen LogP contribution < -0.4 is 5.56 Å². The summed E-state index contributed by atoms with van der Waals surface area (Å²) in [5.74, 6) is 0.428. The maximum atomic E-state index is 12.9. The van der Waals surface area contributed by atoms with Crippen molar-refractivity contribution < 1.29 is 4.79 Å². The van der Waals surface area contributed by atoms with Crippen LogP contribution in [0.15, 0.2) is 40.5 Å². The molecular formula is C18H15N3O2S2. The number of rotatable bonds is 3. The van der Waals surface area contributed by atoms with Gasteiger partial charge in [0.05, 0.1) is 16.9 Å². The zero-order chi connectivity index (χ0) is 17.6. The van der Waals surface area contributed by atoms with Gasteiger partial charge in [-0.25, -0.2) is 4.98 Å². The van der Waals surface area contributed by atoms with E-state index in [4.69, 9.17) is 0 Å². The molecule has 0 saturated heterocycles. The molecule has 4 aromatic rings. The average Bonchev–Trinajstić information content (AvgIpc) is 3.19. The Morgan fingerprint density at radius 2 is 2.08 bits per heavy atom. The van der Waals surface area contributed by atoms with E-state index in [9.17, 15) is 9.59 Å². The summed E-state index contributed by atoms with van der Waals surface area (Å²) < 4.78 is 1.71. The standard InChI is InChI=1S/C18H15N3O2S2/c1-10-11-5-3-4-6-13(11)25-15(10)18(23)21(2)9-14-19-12-7-8-24-16(12)17(22)20-14/h3-8H,9H2,1-2H3,(H,19,20,22). The molecular weight excluding hydrogens is 354 g/mol. The molecule has 3 heterocycles. The highest BCUT2D eigenvalue weighted by molar-refractivity contribution is 7.21. The van der Waals surface area contributed by atoms with Crippen LogP contribution >= 0.6 is 22.7 Å². The molecule has 1 aromatic carbocycles. The van der Waals surface area contributed by atoms with Gasteiger partial charge in [-0.3, -0.25) is 9.59 Å². The van der Waals surface area contributed by atoms with Gasteiger partial charge in [0.2, 0.25) is 0 Å². The normalized spacial score (nSPS) is 11.3. The molecule has 0 aliphatic carbocycles. The molecule has 0 bridgehead atoms. The van der Waals surface area contributed by atoms with Crippen LogP contribution in [0, 0.1) is 6.92 Å². The van der Waals surface area contributed by atoms with Crippen LogP contribution in [0.1, 0.15) is 21.1 Å². The number of carbonyl (C=O) groups excluding carboxylic acids is 1. The lowest BCUT2D eigenvalue weighted by molar-refractivity contribution is 0.0786. The van der Waals surface area contributed by atoms with Crippen LogP contribution in [0.2, 0.25) is 0 Å². The number of thiophene rings is 2. The molecule has 25 heavy (non-hydrogen) atoms. The number of fused-ring (bicyclic) bond motifs is 2. The number of nitrogens with zero attached hydrogens (tertiary/aromatic N) is 2. The molecule has 0 radical (unpaired) electrons. The van der Waals surface area contributed by atoms with Gasteiger partial charge in [-0.2, -0.15) is 0 Å². The molecule has 0 unspecified atom stereocenters. The third-order valence-corrected chi connectivity index (χ3v) is 6.30. The Bertz CT molecular complexity index is 1160. The van der Waals surface area contributed by atoms with Crippen molar-refractivity contribution in [3.63, 3.8) is 0 Å². The van der Waals surface area contributed by atoms with Crippen LogP contribution in [0.5, 0.6) is 0 Å². The minimum Gasteiger partial charge on any atom is -0.334 e. The monoisotopic (exact) mass is 369 g/mol. The number of H-pyrrole nitrogens is 1. The zero-order valence-electron chi connectivity index (χ0n) is 13.7. The minimum atomic E-state index is -0.158. The fraction of sp³-hybridized carbons (Fsp3) is 0.167. The first-order valence-electron chi connectivity index (χ1n) is 7.74. The van der Waals surface area contributed by atoms with Crippen LogP contribution in [-0.2, 0) is 6.54 Å². The minimum absolute atomic E-state index is 0.0632. The van der Waals surface area contributed by atoms with Gasteiger partial charge in [-0.15, -0.1) is 22.7 Å². The van der Waals surface area contributed by atoms with E-state index >= 15 is 0 Å². The molecule has 0 spiro atoms. The number of aromatic nitrogens is 2. The van der Waals surface area contributed by atoms with Crippen molar-refractivity contribution in [2.75, 3.05) is 7.05 Å². The first-order chi connectivity index (χ1) is 12.0. The molecule has 7 heteroatoms. The van der Waals surface area contributed by atoms with Gasteiger partial charge < -0.3 is 9.88 Å². The molecule has 1 amide bonds. The van der Waals surface area contributed by atoms with Crippen molar-refractivity contribution in [1.29, 1.82) is 0 Å². The molecule has 3 aromatic heterocycles. The second-order valence-corrected chi connectivity index (χ2v) is 7.83. The summed E-state index contributed by atoms with van der Waals surface area (Å²) in [6.45, 7) is 2.23. The number of nitrogens with one attached hydrogen (secondary N) is 1. The summed E-state index contributed by atoms with van der Waals surface area (Å²) >= 11 is 2.86. The van der Waals surface area contributed by atoms with E-state index in [1.54, 1.807) is 11.9 Å². The summed E-state index contributed by atoms with van der Waals surface area (Å²) in [6, 6.07) is 9.82. The van der Waals surface area contributed by atoms with E-state index in [0.717, 1.165) is 20.5 Å². The van der Waals surface area contributed by atoms with E-state index in [-0.39, 0.29) is 18.0 Å². The maximum Gasteiger partial charge on any atom is 0.268 e. The Morgan fingerprint density at radius 3 is 2.88 bits per heavy atom. The predicted molar refractivity (Wildman–Crippen MR) is 103 cm³/mol. The number of carbonyl (C=O) groups is 1. The van der Waals surface area contributed by atoms with Crippen LogP contribution in [0.3, 0.4) is 0 Å². The molecule has 4 rings (SSSR count). The highest BCUT2D eigenvalue weighted by Crippen LogP contribution is 2.31. The number of aryl methyl sites for hydroxylation is 1. The SMILES string of the molecule is Cc1c(C(=O)N(C)Cc2nc3ccsc3c(=O)[nH]2)sc2ccccc12. The fourth-order valence-electron chi connectivity index (χ4n) is 2.84. The largest absolute Gasteiger partial charge is 0.334 e. The first-order valence-corrected chi connectivity index (χ1v) is 9.44. The molecule has 0 aliphatic heterocycles. The number of benzene rings is 1. The summed E-state index contributed by atoms with van der Waals surface area (Å²) in [6.07, 6.45) is 0. The smallest absolute Gasteiger partial charge is 0.268 e. The Kier molecular flexibility index (Phi) is 3.89. The Hall–Kier alpha value is -2.51. The van der Waals surface area contributed by atoms with Crippen molar-refractivity contribution in [2.24, 2.45) is 0 Å². The van der Waals surface area contributed by atoms with Crippen LogP contribution in [0.4, 0.5) is 0 Å². The van der Waals surface area contributed by atoms with Gasteiger partial charge in [-0.05, 0) is 35.4 Å². The summed E-state index contributed by atoms with van der Waals surface area (Å²) in [5, 5.41) is 2.95. The van der Waals surface area contributed by atoms with E-state index < -0.39 is 0 Å². The summed E-state index contributed by atoms with van der Waals surface area (Å²) in [4.78, 5) is 34.4. The van der Waals surface area contributed by atoms with Crippen LogP contribution in [0.25, 0.3) is 20.3 Å².